The Hall–Kier alpha value is -2.59. The van der Waals surface area contributed by atoms with E-state index in [-0.39, 0.29) is 28.4 Å². The lowest BCUT2D eigenvalue weighted by Crippen LogP contribution is -2.22. The van der Waals surface area contributed by atoms with Crippen molar-refractivity contribution >= 4 is 51.4 Å². The average Bonchev–Trinajstić information content (AvgIpc) is 3.21. The fraction of sp³-hybridized carbons (Fsp3) is 0.312. The molecule has 0 saturated heterocycles. The molecule has 0 atom stereocenters. The second-order valence-electron chi connectivity index (χ2n) is 5.22. The number of esters is 1. The van der Waals surface area contributed by atoms with Crippen molar-refractivity contribution < 1.29 is 23.9 Å². The number of aromatic nitrogens is 1. The summed E-state index contributed by atoms with van der Waals surface area (Å²) in [7, 11) is 0. The molecule has 2 aromatic heterocycles. The number of thiophene rings is 1. The van der Waals surface area contributed by atoms with Crippen molar-refractivity contribution in [1.29, 1.82) is 0 Å². The maximum atomic E-state index is 12.1. The molecule has 0 radical (unpaired) electrons. The van der Waals surface area contributed by atoms with Crippen molar-refractivity contribution in [2.75, 3.05) is 18.5 Å². The van der Waals surface area contributed by atoms with Crippen LogP contribution in [-0.2, 0) is 20.7 Å². The molecule has 0 saturated carbocycles. The summed E-state index contributed by atoms with van der Waals surface area (Å²) in [4.78, 5) is 51.2. The van der Waals surface area contributed by atoms with Crippen molar-refractivity contribution in [1.82, 2.24) is 10.3 Å². The third kappa shape index (κ3) is 6.05. The number of Topliss-reactive ketones (excluding diaryl/α,β-unsaturated/α-hetero) is 1. The molecule has 0 aliphatic heterocycles. The highest BCUT2D eigenvalue weighted by molar-refractivity contribution is 7.14. The van der Waals surface area contributed by atoms with Crippen LogP contribution in [0, 0.1) is 0 Å². The molecular formula is C16H17N3O5S2. The Morgan fingerprint density at radius 1 is 1.15 bits per heavy atom. The van der Waals surface area contributed by atoms with Gasteiger partial charge in [-0.1, -0.05) is 0 Å². The number of ketones is 1. The average molecular weight is 395 g/mol. The first-order chi connectivity index (χ1) is 12.3. The predicted molar refractivity (Wildman–Crippen MR) is 97.7 cm³/mol. The van der Waals surface area contributed by atoms with Gasteiger partial charge in [0.25, 0.3) is 0 Å². The van der Waals surface area contributed by atoms with Crippen LogP contribution in [-0.4, -0.2) is 41.7 Å². The molecule has 2 N–H and O–H groups in total. The van der Waals surface area contributed by atoms with Gasteiger partial charge in [0.2, 0.25) is 17.6 Å². The molecule has 138 valence electrons. The van der Waals surface area contributed by atoms with Crippen LogP contribution < -0.4 is 10.6 Å². The van der Waals surface area contributed by atoms with E-state index in [4.69, 9.17) is 4.74 Å². The lowest BCUT2D eigenvalue weighted by molar-refractivity contribution is -0.119. The summed E-state index contributed by atoms with van der Waals surface area (Å²) in [6.45, 7) is 2.89. The second-order valence-corrected chi connectivity index (χ2v) is 7.24. The van der Waals surface area contributed by atoms with Gasteiger partial charge < -0.3 is 15.4 Å². The Morgan fingerprint density at radius 3 is 2.62 bits per heavy atom. The van der Waals surface area contributed by atoms with Crippen LogP contribution in [0.1, 0.15) is 38.9 Å². The summed E-state index contributed by atoms with van der Waals surface area (Å²) < 4.78 is 4.98. The fourth-order valence-electron chi connectivity index (χ4n) is 1.88. The maximum absolute atomic E-state index is 12.1. The minimum absolute atomic E-state index is 0.0359. The lowest BCUT2D eigenvalue weighted by atomic mass is 10.3. The third-order valence-corrected chi connectivity index (χ3v) is 4.96. The number of thiazole rings is 1. The van der Waals surface area contributed by atoms with Crippen LogP contribution in [0.15, 0.2) is 17.5 Å². The normalized spacial score (nSPS) is 10.2. The zero-order valence-electron chi connectivity index (χ0n) is 14.2. The molecular weight excluding hydrogens is 378 g/mol. The van der Waals surface area contributed by atoms with Gasteiger partial charge in [0, 0.05) is 30.6 Å². The Kier molecular flexibility index (Phi) is 6.98. The topological polar surface area (TPSA) is 114 Å². The first kappa shape index (κ1) is 19.7. The molecule has 0 unspecified atom stereocenters. The summed E-state index contributed by atoms with van der Waals surface area (Å²) in [5, 5.41) is 6.89. The van der Waals surface area contributed by atoms with Gasteiger partial charge in [-0.05, 0) is 18.6 Å². The van der Waals surface area contributed by atoms with E-state index >= 15 is 0 Å². The molecule has 8 nitrogen and oxygen atoms in total. The number of ether oxygens (including phenoxy) is 1. The molecule has 2 heterocycles. The molecule has 0 aliphatic rings. The van der Waals surface area contributed by atoms with Crippen molar-refractivity contribution in [3.63, 3.8) is 0 Å². The number of nitrogens with one attached hydrogen (secondary N) is 2. The van der Waals surface area contributed by atoms with Gasteiger partial charge in [0.1, 0.15) is 0 Å². The van der Waals surface area contributed by atoms with Gasteiger partial charge in [-0.25, -0.2) is 9.78 Å². The first-order valence-corrected chi connectivity index (χ1v) is 9.31. The van der Waals surface area contributed by atoms with Crippen molar-refractivity contribution in [3.8, 4) is 0 Å². The standard InChI is InChI=1S/C16H17N3O5S2/c1-9(20)17-6-5-11-3-4-14(26-11)13(22)7-24-15(23)12-8-25-16(19-12)18-10(2)21/h3-4,8H,5-7H2,1-2H3,(H,17,20)(H,18,19,21). The third-order valence-electron chi connectivity index (χ3n) is 3.01. The maximum Gasteiger partial charge on any atom is 0.358 e. The Morgan fingerprint density at radius 2 is 1.92 bits per heavy atom. The molecule has 0 fully saturated rings. The molecule has 2 rings (SSSR count). The highest BCUT2D eigenvalue weighted by Crippen LogP contribution is 2.19. The van der Waals surface area contributed by atoms with Crippen molar-refractivity contribution in [2.24, 2.45) is 0 Å². The van der Waals surface area contributed by atoms with Crippen molar-refractivity contribution in [3.05, 3.63) is 33.0 Å². The minimum atomic E-state index is -0.728. The summed E-state index contributed by atoms with van der Waals surface area (Å²) in [5.41, 5.74) is 0.0359. The number of hydrogen-bond acceptors (Lipinski definition) is 8. The molecule has 10 heteroatoms. The lowest BCUT2D eigenvalue weighted by Gasteiger charge is -2.01. The van der Waals surface area contributed by atoms with Crippen LogP contribution in [0.2, 0.25) is 0 Å². The Bertz CT molecular complexity index is 827. The summed E-state index contributed by atoms with van der Waals surface area (Å²) in [5.74, 6) is -1.44. The van der Waals surface area contributed by atoms with E-state index in [1.54, 1.807) is 6.07 Å². The number of rotatable bonds is 8. The molecule has 0 aliphatic carbocycles. The highest BCUT2D eigenvalue weighted by atomic mass is 32.1. The molecule has 0 bridgehead atoms. The minimum Gasteiger partial charge on any atom is -0.453 e. The van der Waals surface area contributed by atoms with E-state index in [1.165, 1.54) is 30.6 Å². The van der Waals surface area contributed by atoms with E-state index in [0.29, 0.717) is 17.8 Å². The molecule has 2 amide bonds. The zero-order chi connectivity index (χ0) is 19.1. The second kappa shape index (κ2) is 9.20. The number of anilines is 1. The van der Waals surface area contributed by atoms with Crippen LogP contribution in [0.25, 0.3) is 0 Å². The molecule has 0 spiro atoms. The van der Waals surface area contributed by atoms with Gasteiger partial charge in [0.05, 0.1) is 4.88 Å². The van der Waals surface area contributed by atoms with Crippen molar-refractivity contribution in [2.45, 2.75) is 20.3 Å². The molecule has 0 aromatic carbocycles. The van der Waals surface area contributed by atoms with Crippen LogP contribution >= 0.6 is 22.7 Å². The number of nitrogens with zero attached hydrogens (tertiary/aromatic N) is 1. The van der Waals surface area contributed by atoms with E-state index in [1.807, 2.05) is 6.07 Å². The van der Waals surface area contributed by atoms with Gasteiger partial charge in [-0.3, -0.25) is 14.4 Å². The number of carbonyl (C=O) groups is 4. The van der Waals surface area contributed by atoms with Gasteiger partial charge in [0.15, 0.2) is 17.4 Å². The van der Waals surface area contributed by atoms with Gasteiger partial charge in [-0.15, -0.1) is 22.7 Å². The Balaban J connectivity index is 1.83. The van der Waals surface area contributed by atoms with E-state index < -0.39 is 12.6 Å². The number of carbonyl (C=O) groups excluding carboxylic acids is 4. The van der Waals surface area contributed by atoms with Gasteiger partial charge >= 0.3 is 5.97 Å². The van der Waals surface area contributed by atoms with Gasteiger partial charge in [-0.2, -0.15) is 0 Å². The quantitative estimate of drug-likeness (QED) is 0.521. The zero-order valence-corrected chi connectivity index (χ0v) is 15.8. The number of hydrogen-bond donors (Lipinski definition) is 2. The monoisotopic (exact) mass is 395 g/mol. The SMILES string of the molecule is CC(=O)NCCc1ccc(C(=O)COC(=O)c2csc(NC(C)=O)n2)s1. The highest BCUT2D eigenvalue weighted by Gasteiger charge is 2.16. The van der Waals surface area contributed by atoms with E-state index in [0.717, 1.165) is 16.2 Å². The van der Waals surface area contributed by atoms with Crippen LogP contribution in [0.4, 0.5) is 5.13 Å². The van der Waals surface area contributed by atoms with E-state index in [2.05, 4.69) is 15.6 Å². The van der Waals surface area contributed by atoms with Crippen LogP contribution in [0.5, 0.6) is 0 Å². The predicted octanol–water partition coefficient (Wildman–Crippen LogP) is 1.88. The van der Waals surface area contributed by atoms with Crippen LogP contribution in [0.3, 0.4) is 0 Å². The Labute approximate surface area is 157 Å². The molecule has 26 heavy (non-hydrogen) atoms. The summed E-state index contributed by atoms with van der Waals surface area (Å²) in [6.07, 6.45) is 0.627. The summed E-state index contributed by atoms with van der Waals surface area (Å²) in [6, 6.07) is 3.48. The molecule has 2 aromatic rings. The number of amides is 2. The fourth-order valence-corrected chi connectivity index (χ4v) is 3.53. The first-order valence-electron chi connectivity index (χ1n) is 7.61. The summed E-state index contributed by atoms with van der Waals surface area (Å²) >= 11 is 2.39. The van der Waals surface area contributed by atoms with E-state index in [9.17, 15) is 19.2 Å². The smallest absolute Gasteiger partial charge is 0.358 e. The largest absolute Gasteiger partial charge is 0.453 e.